The molecule has 4 nitrogen and oxygen atoms in total. The number of quaternary nitrogens is 1. The smallest absolute Gasteiger partial charge is 0.340 e. The first-order chi connectivity index (χ1) is 13.1. The maximum atomic E-state index is 12.8. The molecule has 3 aromatic rings. The van der Waals surface area contributed by atoms with Crippen LogP contribution in [0, 0.1) is 6.92 Å². The Morgan fingerprint density at radius 3 is 2.48 bits per heavy atom. The summed E-state index contributed by atoms with van der Waals surface area (Å²) in [5, 5.41) is 11.4. The van der Waals surface area contributed by atoms with E-state index >= 15 is 0 Å². The number of phenols is 1. The third kappa shape index (κ3) is 3.62. The Labute approximate surface area is 159 Å². The third-order valence-corrected chi connectivity index (χ3v) is 5.74. The standard InChI is InChI=1S/C23H25NO3/c1-16-18-10-11-21(25)20(15-24-12-6-3-7-13-24)22(18)27-23(26)19(16)14-17-8-4-2-5-9-17/h2,4-5,8-11,25H,3,6-7,12-15H2,1H3/p+1. The zero-order chi connectivity index (χ0) is 18.8. The normalized spacial score (nSPS) is 15.3. The fourth-order valence-electron chi connectivity index (χ4n) is 4.15. The van der Waals surface area contributed by atoms with Crippen molar-refractivity contribution in [2.24, 2.45) is 0 Å². The Bertz CT molecular complexity index is 1000. The molecule has 0 saturated carbocycles. The van der Waals surface area contributed by atoms with E-state index in [1.807, 2.05) is 43.3 Å². The van der Waals surface area contributed by atoms with Gasteiger partial charge in [0, 0.05) is 17.4 Å². The van der Waals surface area contributed by atoms with Gasteiger partial charge in [-0.25, -0.2) is 4.79 Å². The highest BCUT2D eigenvalue weighted by molar-refractivity contribution is 5.85. The van der Waals surface area contributed by atoms with Crippen LogP contribution in [0.15, 0.2) is 51.7 Å². The average molecular weight is 364 g/mol. The van der Waals surface area contributed by atoms with Gasteiger partial charge in [0.2, 0.25) is 0 Å². The summed E-state index contributed by atoms with van der Waals surface area (Å²) in [4.78, 5) is 14.2. The molecule has 140 valence electrons. The molecule has 1 fully saturated rings. The molecule has 27 heavy (non-hydrogen) atoms. The van der Waals surface area contributed by atoms with Crippen molar-refractivity contribution in [3.8, 4) is 5.75 Å². The fourth-order valence-corrected chi connectivity index (χ4v) is 4.15. The predicted molar refractivity (Wildman–Crippen MR) is 106 cm³/mol. The Kier molecular flexibility index (Phi) is 4.99. The number of likely N-dealkylation sites (tertiary alicyclic amines) is 1. The van der Waals surface area contributed by atoms with Gasteiger partial charge in [-0.05, 0) is 49.4 Å². The molecule has 4 heteroatoms. The molecule has 2 heterocycles. The largest absolute Gasteiger partial charge is 0.507 e. The molecule has 0 atom stereocenters. The SMILES string of the molecule is Cc1c(Cc2ccccc2)c(=O)oc2c(C[NH+]3CCCCC3)c(O)ccc12. The first-order valence-corrected chi connectivity index (χ1v) is 9.78. The first-order valence-electron chi connectivity index (χ1n) is 9.78. The molecule has 1 aliphatic heterocycles. The van der Waals surface area contributed by atoms with Gasteiger partial charge in [0.05, 0.1) is 18.7 Å². The monoisotopic (exact) mass is 364 g/mol. The molecule has 0 unspecified atom stereocenters. The second-order valence-electron chi connectivity index (χ2n) is 7.58. The lowest BCUT2D eigenvalue weighted by Crippen LogP contribution is -3.11. The lowest BCUT2D eigenvalue weighted by Gasteiger charge is -2.24. The van der Waals surface area contributed by atoms with Crippen molar-refractivity contribution in [3.05, 3.63) is 75.1 Å². The van der Waals surface area contributed by atoms with Crippen molar-refractivity contribution in [2.45, 2.75) is 39.2 Å². The average Bonchev–Trinajstić information content (AvgIpc) is 2.69. The van der Waals surface area contributed by atoms with Gasteiger partial charge in [0.25, 0.3) is 0 Å². The van der Waals surface area contributed by atoms with E-state index in [9.17, 15) is 9.90 Å². The van der Waals surface area contributed by atoms with Crippen LogP contribution in [0.2, 0.25) is 0 Å². The Morgan fingerprint density at radius 2 is 1.74 bits per heavy atom. The molecule has 0 amide bonds. The number of hydrogen-bond donors (Lipinski definition) is 2. The zero-order valence-corrected chi connectivity index (χ0v) is 15.8. The number of aryl methyl sites for hydroxylation is 1. The molecule has 0 radical (unpaired) electrons. The van der Waals surface area contributed by atoms with Crippen LogP contribution in [0.1, 0.15) is 41.5 Å². The second kappa shape index (κ2) is 7.57. The summed E-state index contributed by atoms with van der Waals surface area (Å²) in [6.45, 7) is 4.88. The topological polar surface area (TPSA) is 54.9 Å². The molecule has 0 spiro atoms. The maximum absolute atomic E-state index is 12.8. The minimum atomic E-state index is -0.302. The van der Waals surface area contributed by atoms with Crippen LogP contribution in [-0.2, 0) is 13.0 Å². The maximum Gasteiger partial charge on any atom is 0.340 e. The molecule has 0 aliphatic carbocycles. The summed E-state index contributed by atoms with van der Waals surface area (Å²) >= 11 is 0. The molecule has 1 aliphatic rings. The number of rotatable bonds is 4. The summed E-state index contributed by atoms with van der Waals surface area (Å²) in [5.41, 5.74) is 3.73. The van der Waals surface area contributed by atoms with Crippen molar-refractivity contribution in [1.29, 1.82) is 0 Å². The second-order valence-corrected chi connectivity index (χ2v) is 7.58. The van der Waals surface area contributed by atoms with Crippen molar-refractivity contribution >= 4 is 11.0 Å². The number of aromatic hydroxyl groups is 1. The minimum Gasteiger partial charge on any atom is -0.507 e. The van der Waals surface area contributed by atoms with E-state index in [1.165, 1.54) is 24.2 Å². The number of phenolic OH excluding ortho intramolecular Hbond substituents is 1. The summed E-state index contributed by atoms with van der Waals surface area (Å²) in [7, 11) is 0. The highest BCUT2D eigenvalue weighted by atomic mass is 16.4. The molecular weight excluding hydrogens is 338 g/mol. The molecule has 1 aromatic heterocycles. The molecule has 0 bridgehead atoms. The summed E-state index contributed by atoms with van der Waals surface area (Å²) in [6, 6.07) is 13.6. The summed E-state index contributed by atoms with van der Waals surface area (Å²) in [5.74, 6) is 0.221. The van der Waals surface area contributed by atoms with Crippen LogP contribution < -0.4 is 10.5 Å². The summed E-state index contributed by atoms with van der Waals surface area (Å²) in [6.07, 6.45) is 4.26. The first kappa shape index (κ1) is 17.8. The van der Waals surface area contributed by atoms with Crippen LogP contribution in [0.3, 0.4) is 0 Å². The van der Waals surface area contributed by atoms with E-state index in [-0.39, 0.29) is 11.4 Å². The van der Waals surface area contributed by atoms with Crippen molar-refractivity contribution in [1.82, 2.24) is 0 Å². The highest BCUT2D eigenvalue weighted by Gasteiger charge is 2.21. The fraction of sp³-hybridized carbons (Fsp3) is 0.348. The van der Waals surface area contributed by atoms with E-state index in [0.717, 1.165) is 35.2 Å². The number of nitrogens with one attached hydrogen (secondary N) is 1. The molecule has 4 rings (SSSR count). The van der Waals surface area contributed by atoms with Crippen LogP contribution in [0.25, 0.3) is 11.0 Å². The minimum absolute atomic E-state index is 0.221. The van der Waals surface area contributed by atoms with E-state index in [0.29, 0.717) is 24.1 Å². The van der Waals surface area contributed by atoms with Gasteiger partial charge in [-0.1, -0.05) is 30.3 Å². The van der Waals surface area contributed by atoms with Crippen molar-refractivity contribution in [2.75, 3.05) is 13.1 Å². The lowest BCUT2D eigenvalue weighted by atomic mass is 9.98. The lowest BCUT2D eigenvalue weighted by molar-refractivity contribution is -0.918. The number of hydrogen-bond acceptors (Lipinski definition) is 3. The van der Waals surface area contributed by atoms with E-state index in [1.54, 1.807) is 6.07 Å². The van der Waals surface area contributed by atoms with E-state index in [2.05, 4.69) is 0 Å². The van der Waals surface area contributed by atoms with Crippen molar-refractivity contribution < 1.29 is 14.4 Å². The van der Waals surface area contributed by atoms with Crippen molar-refractivity contribution in [3.63, 3.8) is 0 Å². The molecule has 1 saturated heterocycles. The number of fused-ring (bicyclic) bond motifs is 1. The molecule has 2 N–H and O–H groups in total. The third-order valence-electron chi connectivity index (χ3n) is 5.74. The van der Waals surface area contributed by atoms with E-state index < -0.39 is 0 Å². The Morgan fingerprint density at radius 1 is 1.00 bits per heavy atom. The van der Waals surface area contributed by atoms with Gasteiger partial charge in [-0.2, -0.15) is 0 Å². The van der Waals surface area contributed by atoms with E-state index in [4.69, 9.17) is 4.42 Å². The Hall–Kier alpha value is -2.59. The van der Waals surface area contributed by atoms with Gasteiger partial charge < -0.3 is 14.4 Å². The molecular formula is C23H26NO3+. The number of benzene rings is 2. The quantitative estimate of drug-likeness (QED) is 0.700. The van der Waals surface area contributed by atoms with Crippen LogP contribution in [-0.4, -0.2) is 18.2 Å². The predicted octanol–water partition coefficient (Wildman–Crippen LogP) is 2.97. The molecule has 2 aromatic carbocycles. The van der Waals surface area contributed by atoms with Gasteiger partial charge in [-0.15, -0.1) is 0 Å². The highest BCUT2D eigenvalue weighted by Crippen LogP contribution is 2.29. The summed E-state index contributed by atoms with van der Waals surface area (Å²) < 4.78 is 5.77. The van der Waals surface area contributed by atoms with Crippen LogP contribution in [0.4, 0.5) is 0 Å². The van der Waals surface area contributed by atoms with Gasteiger partial charge in [0.15, 0.2) is 5.58 Å². The van der Waals surface area contributed by atoms with Crippen LogP contribution >= 0.6 is 0 Å². The zero-order valence-electron chi connectivity index (χ0n) is 15.8. The number of piperidine rings is 1. The van der Waals surface area contributed by atoms with Gasteiger partial charge >= 0.3 is 5.63 Å². The van der Waals surface area contributed by atoms with Gasteiger partial charge in [0.1, 0.15) is 12.3 Å². The van der Waals surface area contributed by atoms with Gasteiger partial charge in [-0.3, -0.25) is 0 Å². The Balaban J connectivity index is 1.77. The van der Waals surface area contributed by atoms with Crippen LogP contribution in [0.5, 0.6) is 5.75 Å².